The zero-order valence-electron chi connectivity index (χ0n) is 3.59. The van der Waals surface area contributed by atoms with E-state index < -0.39 is 10.5 Å². The van der Waals surface area contributed by atoms with Gasteiger partial charge in [0.2, 0.25) is 0 Å². The fourth-order valence-electron chi connectivity index (χ4n) is 0. The van der Waals surface area contributed by atoms with Gasteiger partial charge in [-0.3, -0.25) is 0 Å². The second-order valence-electron chi connectivity index (χ2n) is 1.16. The van der Waals surface area contributed by atoms with Gasteiger partial charge in [0.1, 0.15) is 0 Å². The van der Waals surface area contributed by atoms with Crippen molar-refractivity contribution >= 4 is 52.1 Å². The van der Waals surface area contributed by atoms with E-state index in [1.807, 2.05) is 0 Å². The van der Waals surface area contributed by atoms with Crippen LogP contribution in [0.2, 0.25) is 0 Å². The molecule has 0 amide bonds. The fraction of sp³-hybridized carbons (Fsp3) is 1.00. The van der Waals surface area contributed by atoms with Crippen LogP contribution in [0.1, 0.15) is 6.92 Å². The van der Waals surface area contributed by atoms with Crippen molar-refractivity contribution in [2.24, 2.45) is 0 Å². The fourth-order valence-corrected chi connectivity index (χ4v) is 0. The van der Waals surface area contributed by atoms with Crippen LogP contribution in [0.5, 0.6) is 0 Å². The first-order chi connectivity index (χ1) is 2.94. The maximum atomic E-state index is 5.45. The zero-order valence-corrected chi connectivity index (χ0v) is 8.71. The number of halogens is 4. The van der Waals surface area contributed by atoms with Crippen LogP contribution in [0, 0.1) is 0 Å². The Balaban J connectivity index is 3.54. The molecule has 0 bridgehead atoms. The predicted octanol–water partition coefficient (Wildman–Crippen LogP) is 2.81. The molecule has 5 heteroatoms. The average molecular weight is 242 g/mol. The van der Waals surface area contributed by atoms with E-state index in [-0.39, 0.29) is 4.21 Å². The summed E-state index contributed by atoms with van der Waals surface area (Å²) >= 11 is 5.44. The van der Waals surface area contributed by atoms with Crippen LogP contribution in [0.3, 0.4) is 0 Å². The van der Waals surface area contributed by atoms with Crippen LogP contribution >= 0.6 is 41.6 Å². The van der Waals surface area contributed by atoms with Crippen molar-refractivity contribution in [1.82, 2.24) is 0 Å². The molecule has 0 aliphatic rings. The molecule has 0 radical (unpaired) electrons. The molecule has 0 nitrogen and oxygen atoms in total. The van der Waals surface area contributed by atoms with Crippen LogP contribution in [0.25, 0.3) is 0 Å². The molecule has 0 N–H and O–H groups in total. The van der Waals surface area contributed by atoms with Gasteiger partial charge in [0.05, 0.1) is 0 Å². The summed E-state index contributed by atoms with van der Waals surface area (Å²) in [6, 6.07) is 0. The van der Waals surface area contributed by atoms with Gasteiger partial charge in [0.15, 0.2) is 0 Å². The molecule has 0 aliphatic carbocycles. The molecule has 0 spiro atoms. The van der Waals surface area contributed by atoms with Crippen LogP contribution < -0.4 is 0 Å². The van der Waals surface area contributed by atoms with Crippen molar-refractivity contribution < 1.29 is 0 Å². The van der Waals surface area contributed by atoms with Crippen LogP contribution in [0.4, 0.5) is 0 Å². The number of hydrogen-bond acceptors (Lipinski definition) is 0. The first kappa shape index (κ1) is 8.70. The Morgan fingerprint density at radius 1 is 1.29 bits per heavy atom. The Hall–Kier alpha value is 1.70. The van der Waals surface area contributed by atoms with Gasteiger partial charge in [0.25, 0.3) is 0 Å². The summed E-state index contributed by atoms with van der Waals surface area (Å²) in [5.41, 5.74) is 0. The van der Waals surface area contributed by atoms with Crippen molar-refractivity contribution in [2.45, 2.75) is 11.1 Å². The summed E-state index contributed by atoms with van der Waals surface area (Å²) in [6.45, 7) is 1.70. The van der Waals surface area contributed by atoms with Gasteiger partial charge in [-0.25, -0.2) is 0 Å². The van der Waals surface area contributed by atoms with Crippen LogP contribution in [-0.4, -0.2) is 14.7 Å². The molecule has 7 heavy (non-hydrogen) atoms. The Morgan fingerprint density at radius 3 is 1.43 bits per heavy atom. The first-order valence-electron chi connectivity index (χ1n) is 1.65. The SMILES string of the molecule is C[CH](Cl)[Ge]([Cl])([Cl])[Cl]. The second kappa shape index (κ2) is 3.02. The molecule has 0 aromatic rings. The second-order valence-corrected chi connectivity index (χ2v) is 19.0. The molecular weight excluding hydrogens is 238 g/mol. The summed E-state index contributed by atoms with van der Waals surface area (Å²) < 4.78 is -0.245. The third kappa shape index (κ3) is 4.22. The van der Waals surface area contributed by atoms with Crippen molar-refractivity contribution in [1.29, 1.82) is 0 Å². The molecule has 0 aromatic heterocycles. The van der Waals surface area contributed by atoms with Crippen molar-refractivity contribution in [3.63, 3.8) is 0 Å². The van der Waals surface area contributed by atoms with E-state index in [1.54, 1.807) is 6.92 Å². The zero-order chi connectivity index (χ0) is 6.08. The Morgan fingerprint density at radius 2 is 1.43 bits per heavy atom. The molecule has 1 atom stereocenters. The van der Waals surface area contributed by atoms with Crippen molar-refractivity contribution in [3.8, 4) is 0 Å². The van der Waals surface area contributed by atoms with Crippen molar-refractivity contribution in [3.05, 3.63) is 0 Å². The first-order valence-corrected chi connectivity index (χ1v) is 11.6. The number of alkyl halides is 1. The normalized spacial score (nSPS) is 16.7. The molecule has 0 fully saturated rings. The minimum atomic E-state index is -2.98. The summed E-state index contributed by atoms with van der Waals surface area (Å²) in [7, 11) is 13.4. The van der Waals surface area contributed by atoms with Gasteiger partial charge in [-0.2, -0.15) is 0 Å². The molecule has 0 rings (SSSR count). The topological polar surface area (TPSA) is 0 Å². The summed E-state index contributed by atoms with van der Waals surface area (Å²) in [5, 5.41) is 0. The van der Waals surface area contributed by atoms with E-state index in [2.05, 4.69) is 0 Å². The van der Waals surface area contributed by atoms with Gasteiger partial charge in [-0.15, -0.1) is 0 Å². The quantitative estimate of drug-likeness (QED) is 0.490. The number of hydrogen-bond donors (Lipinski definition) is 0. The Kier molecular flexibility index (Phi) is 3.76. The molecule has 0 aromatic carbocycles. The summed E-state index contributed by atoms with van der Waals surface area (Å²) in [6.07, 6.45) is 0. The average Bonchev–Trinajstić information content (AvgIpc) is 1.31. The molecule has 0 saturated heterocycles. The van der Waals surface area contributed by atoms with Gasteiger partial charge < -0.3 is 0 Å². The third-order valence-corrected chi connectivity index (χ3v) is 10.9. The Bertz CT molecular complexity index is 55.2. The molecule has 0 saturated carbocycles. The van der Waals surface area contributed by atoms with E-state index in [9.17, 15) is 0 Å². The molecule has 0 heterocycles. The van der Waals surface area contributed by atoms with E-state index in [4.69, 9.17) is 41.6 Å². The predicted molar refractivity (Wildman–Crippen MR) is 38.6 cm³/mol. The van der Waals surface area contributed by atoms with Gasteiger partial charge in [-0.05, 0) is 0 Å². The molecule has 1 unspecified atom stereocenters. The van der Waals surface area contributed by atoms with Gasteiger partial charge in [-0.1, -0.05) is 0 Å². The van der Waals surface area contributed by atoms with E-state index in [1.165, 1.54) is 0 Å². The van der Waals surface area contributed by atoms with E-state index >= 15 is 0 Å². The van der Waals surface area contributed by atoms with Gasteiger partial charge in [0, 0.05) is 0 Å². The van der Waals surface area contributed by atoms with Gasteiger partial charge >= 0.3 is 63.2 Å². The van der Waals surface area contributed by atoms with E-state index in [0.717, 1.165) is 0 Å². The summed E-state index contributed by atoms with van der Waals surface area (Å²) in [5.74, 6) is 0. The Labute approximate surface area is 63.0 Å². The standard InChI is InChI=1S/C2H4Cl4Ge/c1-2(3)7(4,5)6/h2H,1H3. The maximum absolute atomic E-state index is 5.45. The van der Waals surface area contributed by atoms with Crippen LogP contribution in [-0.2, 0) is 0 Å². The summed E-state index contributed by atoms with van der Waals surface area (Å²) in [4.78, 5) is 0. The van der Waals surface area contributed by atoms with Crippen molar-refractivity contribution in [2.75, 3.05) is 0 Å². The van der Waals surface area contributed by atoms with E-state index in [0.29, 0.717) is 0 Å². The molecule has 44 valence electrons. The monoisotopic (exact) mass is 242 g/mol. The van der Waals surface area contributed by atoms with Crippen LogP contribution in [0.15, 0.2) is 0 Å². The third-order valence-electron chi connectivity index (χ3n) is 0.451. The minimum absolute atomic E-state index is 0.245. The molecular formula is C2H4Cl4Ge. The molecule has 0 aliphatic heterocycles. The number of rotatable bonds is 1.